The first-order valence-corrected chi connectivity index (χ1v) is 9.95. The van der Waals surface area contributed by atoms with E-state index in [1.54, 1.807) is 10.6 Å². The van der Waals surface area contributed by atoms with Crippen LogP contribution in [0.3, 0.4) is 0 Å². The number of thioether (sulfide) groups is 1. The third-order valence-electron chi connectivity index (χ3n) is 3.42. The molecular weight excluding hydrogens is 352 g/mol. The number of aromatic nitrogens is 1. The van der Waals surface area contributed by atoms with Crippen molar-refractivity contribution in [1.29, 1.82) is 0 Å². The van der Waals surface area contributed by atoms with Gasteiger partial charge < -0.3 is 4.90 Å². The Balaban J connectivity index is 2.01. The highest BCUT2D eigenvalue weighted by Crippen LogP contribution is 2.22. The molecule has 0 aliphatic carbocycles. The van der Waals surface area contributed by atoms with Gasteiger partial charge >= 0.3 is 4.87 Å². The number of fused-ring (bicyclic) bond motifs is 1. The second-order valence-electron chi connectivity index (χ2n) is 5.23. The van der Waals surface area contributed by atoms with Crippen molar-refractivity contribution in [3.63, 3.8) is 0 Å². The number of nitrogens with zero attached hydrogens (tertiary/aromatic N) is 2. The maximum atomic E-state index is 12.2. The number of carbonyl (C=O) groups is 1. The van der Waals surface area contributed by atoms with Crippen LogP contribution in [0.5, 0.6) is 0 Å². The summed E-state index contributed by atoms with van der Waals surface area (Å²) in [6, 6.07) is 5.46. The molecule has 0 spiro atoms. The molecule has 1 heterocycles. The van der Waals surface area contributed by atoms with Crippen molar-refractivity contribution >= 4 is 50.2 Å². The van der Waals surface area contributed by atoms with E-state index in [1.807, 2.05) is 17.0 Å². The first-order valence-electron chi connectivity index (χ1n) is 7.77. The van der Waals surface area contributed by atoms with E-state index >= 15 is 0 Å². The van der Waals surface area contributed by atoms with Crippen molar-refractivity contribution in [2.75, 3.05) is 18.8 Å². The fourth-order valence-corrected chi connectivity index (χ4v) is 4.27. The van der Waals surface area contributed by atoms with Crippen LogP contribution in [0.15, 0.2) is 23.0 Å². The van der Waals surface area contributed by atoms with Gasteiger partial charge in [0.1, 0.15) is 0 Å². The summed E-state index contributed by atoms with van der Waals surface area (Å²) in [6.07, 6.45) is 1.92. The van der Waals surface area contributed by atoms with E-state index in [0.717, 1.165) is 36.1 Å². The van der Waals surface area contributed by atoms with Gasteiger partial charge in [-0.15, -0.1) is 0 Å². The van der Waals surface area contributed by atoms with Crippen LogP contribution in [-0.4, -0.2) is 33.5 Å². The van der Waals surface area contributed by atoms with Crippen LogP contribution in [0.25, 0.3) is 10.2 Å². The van der Waals surface area contributed by atoms with Gasteiger partial charge in [0.05, 0.1) is 10.2 Å². The number of rotatable bonds is 7. The fraction of sp³-hybridized carbons (Fsp3) is 0.500. The molecular formula is C16H21ClN2O2S2. The highest BCUT2D eigenvalue weighted by molar-refractivity contribution is 8.13. The third kappa shape index (κ3) is 4.75. The maximum absolute atomic E-state index is 12.2. The molecule has 7 heteroatoms. The second-order valence-corrected chi connectivity index (χ2v) is 7.71. The summed E-state index contributed by atoms with van der Waals surface area (Å²) in [7, 11) is 0. The number of hydrogen-bond acceptors (Lipinski definition) is 4. The maximum Gasteiger partial charge on any atom is 0.308 e. The topological polar surface area (TPSA) is 42.3 Å². The lowest BCUT2D eigenvalue weighted by Gasteiger charge is -2.20. The monoisotopic (exact) mass is 372 g/mol. The van der Waals surface area contributed by atoms with Crippen LogP contribution < -0.4 is 4.87 Å². The molecule has 0 radical (unpaired) electrons. The van der Waals surface area contributed by atoms with Crippen molar-refractivity contribution in [2.45, 2.75) is 33.2 Å². The summed E-state index contributed by atoms with van der Waals surface area (Å²) in [4.78, 5) is 26.2. The van der Waals surface area contributed by atoms with Crippen LogP contribution in [0.4, 0.5) is 4.79 Å². The zero-order valence-corrected chi connectivity index (χ0v) is 15.8. The van der Waals surface area contributed by atoms with E-state index < -0.39 is 0 Å². The SMILES string of the molecule is CCCN(CCC)C(=O)SCCn1c(=O)sc2ccc(Cl)cc21. The molecule has 0 aliphatic heterocycles. The average molecular weight is 373 g/mol. The second kappa shape index (κ2) is 8.76. The van der Waals surface area contributed by atoms with Crippen molar-refractivity contribution in [2.24, 2.45) is 0 Å². The Morgan fingerprint density at radius 2 is 2.00 bits per heavy atom. The number of amides is 1. The van der Waals surface area contributed by atoms with E-state index in [-0.39, 0.29) is 10.1 Å². The van der Waals surface area contributed by atoms with Crippen LogP contribution in [0.2, 0.25) is 5.02 Å². The number of aryl methyl sites for hydroxylation is 1. The summed E-state index contributed by atoms with van der Waals surface area (Å²) < 4.78 is 2.63. The minimum absolute atomic E-state index is 0.00529. The Morgan fingerprint density at radius 1 is 1.30 bits per heavy atom. The van der Waals surface area contributed by atoms with Gasteiger partial charge in [-0.1, -0.05) is 48.5 Å². The smallest absolute Gasteiger partial charge is 0.308 e. The molecule has 0 saturated heterocycles. The zero-order valence-electron chi connectivity index (χ0n) is 13.4. The Labute approximate surface area is 149 Å². The Hall–Kier alpha value is -0.980. The number of thiazole rings is 1. The molecule has 1 amide bonds. The summed E-state index contributed by atoms with van der Waals surface area (Å²) in [5.41, 5.74) is 0.847. The minimum Gasteiger partial charge on any atom is -0.334 e. The standard InChI is InChI=1S/C16H21ClN2O2S2/c1-3-7-18(8-4-2)15(20)22-10-9-19-13-11-12(17)5-6-14(13)23-16(19)21/h5-6,11H,3-4,7-10H2,1-2H3. The molecule has 0 N–H and O–H groups in total. The number of halogens is 1. The molecule has 0 aliphatic rings. The molecule has 0 saturated carbocycles. The highest BCUT2D eigenvalue weighted by atomic mass is 35.5. The average Bonchev–Trinajstić information content (AvgIpc) is 2.82. The van der Waals surface area contributed by atoms with E-state index in [9.17, 15) is 9.59 Å². The van der Waals surface area contributed by atoms with Gasteiger partial charge in [-0.2, -0.15) is 0 Å². The summed E-state index contributed by atoms with van der Waals surface area (Å²) >= 11 is 8.51. The van der Waals surface area contributed by atoms with E-state index in [1.165, 1.54) is 23.1 Å². The van der Waals surface area contributed by atoms with Gasteiger partial charge in [-0.3, -0.25) is 14.2 Å². The van der Waals surface area contributed by atoms with Crippen molar-refractivity contribution in [3.8, 4) is 0 Å². The predicted molar refractivity (Wildman–Crippen MR) is 101 cm³/mol. The number of hydrogen-bond donors (Lipinski definition) is 0. The molecule has 126 valence electrons. The lowest BCUT2D eigenvalue weighted by molar-refractivity contribution is 0.223. The lowest BCUT2D eigenvalue weighted by atomic mass is 10.3. The van der Waals surface area contributed by atoms with Gasteiger partial charge in [0.25, 0.3) is 5.24 Å². The van der Waals surface area contributed by atoms with Crippen molar-refractivity contribution in [3.05, 3.63) is 32.9 Å². The molecule has 23 heavy (non-hydrogen) atoms. The molecule has 2 aromatic rings. The summed E-state index contributed by atoms with van der Waals surface area (Å²) in [6.45, 7) is 6.23. The van der Waals surface area contributed by atoms with Crippen LogP contribution in [0.1, 0.15) is 26.7 Å². The Kier molecular flexibility index (Phi) is 6.99. The van der Waals surface area contributed by atoms with Crippen LogP contribution >= 0.6 is 34.7 Å². The molecule has 1 aromatic heterocycles. The quantitative estimate of drug-likeness (QED) is 0.707. The van der Waals surface area contributed by atoms with Crippen LogP contribution in [0, 0.1) is 0 Å². The lowest BCUT2D eigenvalue weighted by Crippen LogP contribution is -2.29. The van der Waals surface area contributed by atoms with Gasteiger partial charge in [0, 0.05) is 30.4 Å². The van der Waals surface area contributed by atoms with Crippen molar-refractivity contribution in [1.82, 2.24) is 9.47 Å². The molecule has 1 aromatic carbocycles. The number of benzene rings is 1. The Bertz CT molecular complexity index is 720. The minimum atomic E-state index is -0.00529. The first-order chi connectivity index (χ1) is 11.1. The van der Waals surface area contributed by atoms with Gasteiger partial charge in [-0.25, -0.2) is 0 Å². The molecule has 0 unspecified atom stereocenters. The summed E-state index contributed by atoms with van der Waals surface area (Å²) in [5.74, 6) is 0.584. The van der Waals surface area contributed by atoms with E-state index in [2.05, 4.69) is 13.8 Å². The molecule has 0 fully saturated rings. The number of carbonyl (C=O) groups excluding carboxylic acids is 1. The normalized spacial score (nSPS) is 11.1. The third-order valence-corrected chi connectivity index (χ3v) is 5.50. The highest BCUT2D eigenvalue weighted by Gasteiger charge is 2.13. The Morgan fingerprint density at radius 3 is 2.65 bits per heavy atom. The fourth-order valence-electron chi connectivity index (χ4n) is 2.40. The van der Waals surface area contributed by atoms with Gasteiger partial charge in [0.2, 0.25) is 0 Å². The molecule has 0 bridgehead atoms. The van der Waals surface area contributed by atoms with Crippen molar-refractivity contribution < 1.29 is 4.79 Å². The van der Waals surface area contributed by atoms with Crippen LogP contribution in [-0.2, 0) is 6.54 Å². The largest absolute Gasteiger partial charge is 0.334 e. The zero-order chi connectivity index (χ0) is 16.8. The van der Waals surface area contributed by atoms with E-state index in [4.69, 9.17) is 11.6 Å². The predicted octanol–water partition coefficient (Wildman–Crippen LogP) is 4.69. The van der Waals surface area contributed by atoms with Gasteiger partial charge in [-0.05, 0) is 31.0 Å². The molecule has 2 rings (SSSR count). The summed E-state index contributed by atoms with van der Waals surface area (Å²) in [5, 5.41) is 0.712. The molecule has 0 atom stereocenters. The first kappa shape index (κ1) is 18.4. The molecule has 4 nitrogen and oxygen atoms in total. The van der Waals surface area contributed by atoms with Gasteiger partial charge in [0.15, 0.2) is 0 Å². The van der Waals surface area contributed by atoms with E-state index in [0.29, 0.717) is 17.3 Å².